The van der Waals surface area contributed by atoms with Crippen molar-refractivity contribution in [2.75, 3.05) is 20.1 Å². The first-order chi connectivity index (χ1) is 21.0. The number of halogens is 1. The summed E-state index contributed by atoms with van der Waals surface area (Å²) in [4.78, 5) is 64.7. The van der Waals surface area contributed by atoms with Crippen LogP contribution in [0.25, 0.3) is 0 Å². The smallest absolute Gasteiger partial charge is 0.326 e. The highest BCUT2D eigenvalue weighted by atomic mass is 31.0. The summed E-state index contributed by atoms with van der Waals surface area (Å²) < 4.78 is 20.6. The lowest BCUT2D eigenvalue weighted by Gasteiger charge is -2.28. The zero-order chi connectivity index (χ0) is 34.4. The Labute approximate surface area is 270 Å². The normalized spacial score (nSPS) is 14.4. The number of guanidine groups is 1. The van der Waals surface area contributed by atoms with Gasteiger partial charge in [0, 0.05) is 6.54 Å². The van der Waals surface area contributed by atoms with Gasteiger partial charge < -0.3 is 36.8 Å². The Kier molecular flexibility index (Phi) is 17.4. The van der Waals surface area contributed by atoms with Gasteiger partial charge in [-0.05, 0) is 68.2 Å². The lowest BCUT2D eigenvalue weighted by Crippen LogP contribution is -2.57. The van der Waals surface area contributed by atoms with E-state index < -0.39 is 71.4 Å². The minimum atomic E-state index is -1.40. The maximum Gasteiger partial charge on any atom is 0.326 e. The summed E-state index contributed by atoms with van der Waals surface area (Å²) in [6, 6.07) is -0.0129. The number of likely N-dealkylation sites (N-methyl/N-ethyl adjacent to an activating group) is 1. The molecule has 0 aliphatic carbocycles. The zero-order valence-corrected chi connectivity index (χ0v) is 29.6. The Hall–Kier alpha value is -2.98. The van der Waals surface area contributed by atoms with E-state index in [1.807, 2.05) is 0 Å². The van der Waals surface area contributed by atoms with E-state index in [1.54, 1.807) is 44.1 Å². The summed E-state index contributed by atoms with van der Waals surface area (Å²) >= 11 is 0. The maximum absolute atomic E-state index is 13.7. The van der Waals surface area contributed by atoms with Gasteiger partial charge in [0.25, 0.3) is 0 Å². The molecule has 0 aromatic heterocycles. The SMILES string of the molecule is CC(C)[C@H](NC(=O)[C@@H](NC(=O)[C@@H](NC(=O)[C@H](CCCN(P)C(N)=NP)NC(=O)CN(C)P)C(C)C)c1ccc(F)cc1)C(=O)O. The lowest BCUT2D eigenvalue weighted by molar-refractivity contribution is -0.143. The largest absolute Gasteiger partial charge is 0.480 e. The van der Waals surface area contributed by atoms with Crippen LogP contribution in [0.15, 0.2) is 29.0 Å². The molecule has 3 unspecified atom stereocenters. The van der Waals surface area contributed by atoms with Crippen LogP contribution in [-0.2, 0) is 24.0 Å². The van der Waals surface area contributed by atoms with Gasteiger partial charge in [-0.15, -0.1) is 0 Å². The predicted molar refractivity (Wildman–Crippen MR) is 180 cm³/mol. The monoisotopic (exact) mass is 690 g/mol. The van der Waals surface area contributed by atoms with Crippen LogP contribution in [0.2, 0.25) is 0 Å². The van der Waals surface area contributed by atoms with E-state index in [0.29, 0.717) is 13.0 Å². The summed E-state index contributed by atoms with van der Waals surface area (Å²) in [6.07, 6.45) is 0.622. The summed E-state index contributed by atoms with van der Waals surface area (Å²) in [5, 5.41) is 20.0. The van der Waals surface area contributed by atoms with E-state index in [4.69, 9.17) is 5.73 Å². The Bertz CT molecular complexity index is 1210. The first-order valence-corrected chi connectivity index (χ1v) is 15.7. The quantitative estimate of drug-likeness (QED) is 0.0767. The molecule has 0 spiro atoms. The maximum atomic E-state index is 13.7. The molecule has 0 saturated carbocycles. The van der Waals surface area contributed by atoms with Crippen molar-refractivity contribution in [2.45, 2.75) is 64.7 Å². The molecule has 1 aromatic rings. The van der Waals surface area contributed by atoms with E-state index in [9.17, 15) is 33.5 Å². The van der Waals surface area contributed by atoms with Gasteiger partial charge in [0.05, 0.1) is 6.54 Å². The van der Waals surface area contributed by atoms with Crippen LogP contribution in [0.3, 0.4) is 0 Å². The number of carboxylic acid groups (broad SMARTS) is 1. The van der Waals surface area contributed by atoms with Crippen LogP contribution in [0.4, 0.5) is 4.39 Å². The third-order valence-corrected chi connectivity index (χ3v) is 7.56. The molecule has 1 aromatic carbocycles. The molecule has 0 bridgehead atoms. The number of benzene rings is 1. The fourth-order valence-corrected chi connectivity index (χ4v) is 4.81. The summed E-state index contributed by atoms with van der Waals surface area (Å²) in [7, 11) is 8.58. The average molecular weight is 691 g/mol. The summed E-state index contributed by atoms with van der Waals surface area (Å²) in [5.74, 6) is -5.15. The number of carboxylic acids is 1. The fraction of sp³-hybridized carbons (Fsp3) is 0.556. The second kappa shape index (κ2) is 19.5. The number of carbonyl (C=O) groups is 5. The molecule has 0 aliphatic rings. The van der Waals surface area contributed by atoms with Crippen LogP contribution in [-0.4, -0.2) is 88.3 Å². The van der Waals surface area contributed by atoms with Crippen molar-refractivity contribution in [1.82, 2.24) is 30.6 Å². The number of aliphatic carboxylic acids is 1. The molecule has 0 heterocycles. The first kappa shape index (κ1) is 40.0. The number of hydrogen-bond donors (Lipinski definition) is 6. The standard InChI is InChI=1S/C27H46FN8O6P3/c1-14(2)20(31-23(38)18(30-19(37)13-35(5)44)7-6-12-36(45)27(29)34-43)24(39)33-22(16-8-10-17(28)11-9-16)25(40)32-21(15(3)4)26(41)42/h8-11,14-15,18,20-22H,6-7,12-13,43-45H2,1-5H3,(H2,29,34)(H,30,37)(H,31,38)(H,32,40)(H,33,39)(H,41,42)/t18-,20-,21-,22-/m0/s1. The molecule has 7 atom stereocenters. The number of nitrogens with two attached hydrogens (primary N) is 1. The van der Waals surface area contributed by atoms with Crippen LogP contribution in [0.1, 0.15) is 52.1 Å². The van der Waals surface area contributed by atoms with Crippen molar-refractivity contribution in [3.8, 4) is 0 Å². The number of amides is 4. The van der Waals surface area contributed by atoms with Crippen LogP contribution in [0.5, 0.6) is 0 Å². The Morgan fingerprint density at radius 2 is 1.47 bits per heavy atom. The van der Waals surface area contributed by atoms with Gasteiger partial charge in [-0.1, -0.05) is 49.2 Å². The van der Waals surface area contributed by atoms with Gasteiger partial charge in [0.15, 0.2) is 5.96 Å². The molecule has 252 valence electrons. The van der Waals surface area contributed by atoms with E-state index in [-0.39, 0.29) is 24.5 Å². The summed E-state index contributed by atoms with van der Waals surface area (Å²) in [5.41, 5.74) is 5.98. The minimum absolute atomic E-state index is 0.00681. The Balaban J connectivity index is 3.25. The number of rotatable bonds is 17. The molecule has 0 saturated heterocycles. The topological polar surface area (TPSA) is 199 Å². The summed E-state index contributed by atoms with van der Waals surface area (Å²) in [6.45, 7) is 6.99. The molecular formula is C27H46FN8O6P3. The van der Waals surface area contributed by atoms with Crippen molar-refractivity contribution in [3.63, 3.8) is 0 Å². The van der Waals surface area contributed by atoms with Crippen molar-refractivity contribution in [1.29, 1.82) is 0 Å². The zero-order valence-electron chi connectivity index (χ0n) is 26.1. The van der Waals surface area contributed by atoms with E-state index in [0.717, 1.165) is 12.1 Å². The predicted octanol–water partition coefficient (Wildman–Crippen LogP) is 0.533. The Morgan fingerprint density at radius 1 is 0.911 bits per heavy atom. The minimum Gasteiger partial charge on any atom is -0.480 e. The van der Waals surface area contributed by atoms with Crippen molar-refractivity contribution in [3.05, 3.63) is 35.6 Å². The van der Waals surface area contributed by atoms with Gasteiger partial charge in [-0.2, -0.15) is 0 Å². The highest BCUT2D eigenvalue weighted by Gasteiger charge is 2.34. The van der Waals surface area contributed by atoms with Crippen LogP contribution >= 0.6 is 28.2 Å². The van der Waals surface area contributed by atoms with E-state index in [2.05, 4.69) is 54.2 Å². The molecule has 0 radical (unpaired) electrons. The van der Waals surface area contributed by atoms with Crippen molar-refractivity contribution < 1.29 is 33.5 Å². The molecular weight excluding hydrogens is 644 g/mol. The molecule has 14 nitrogen and oxygen atoms in total. The van der Waals surface area contributed by atoms with Crippen LogP contribution in [0, 0.1) is 17.7 Å². The molecule has 0 aliphatic heterocycles. The van der Waals surface area contributed by atoms with E-state index >= 15 is 0 Å². The third kappa shape index (κ3) is 13.9. The van der Waals surface area contributed by atoms with Gasteiger partial charge in [0.1, 0.15) is 30.0 Å². The van der Waals surface area contributed by atoms with Gasteiger partial charge in [-0.3, -0.25) is 23.8 Å². The average Bonchev–Trinajstić information content (AvgIpc) is 2.95. The van der Waals surface area contributed by atoms with Gasteiger partial charge >= 0.3 is 5.97 Å². The lowest BCUT2D eigenvalue weighted by atomic mass is 9.99. The molecule has 4 amide bonds. The third-order valence-electron chi connectivity index (χ3n) is 6.59. The second-order valence-corrected chi connectivity index (χ2v) is 12.9. The highest BCUT2D eigenvalue weighted by Crippen LogP contribution is 2.17. The molecule has 45 heavy (non-hydrogen) atoms. The fourth-order valence-electron chi connectivity index (χ4n) is 4.12. The van der Waals surface area contributed by atoms with Crippen molar-refractivity contribution in [2.24, 2.45) is 22.3 Å². The molecule has 18 heteroatoms. The Morgan fingerprint density at radius 3 is 1.96 bits per heavy atom. The van der Waals surface area contributed by atoms with E-state index in [1.165, 1.54) is 12.1 Å². The molecule has 1 rings (SSSR count). The first-order valence-electron chi connectivity index (χ1n) is 14.2. The number of nitrogens with one attached hydrogen (secondary N) is 4. The highest BCUT2D eigenvalue weighted by molar-refractivity contribution is 7.16. The number of carbonyl (C=O) groups excluding carboxylic acids is 4. The number of hydrogen-bond acceptors (Lipinski definition) is 7. The van der Waals surface area contributed by atoms with Gasteiger partial charge in [-0.25, -0.2) is 13.9 Å². The van der Waals surface area contributed by atoms with Gasteiger partial charge in [0.2, 0.25) is 23.6 Å². The second-order valence-electron chi connectivity index (χ2n) is 11.2. The number of nitrogens with zero attached hydrogens (tertiary/aromatic N) is 3. The van der Waals surface area contributed by atoms with Crippen LogP contribution < -0.4 is 27.0 Å². The molecule has 0 fully saturated rings. The molecule has 7 N–H and O–H groups in total. The van der Waals surface area contributed by atoms with Crippen molar-refractivity contribution >= 4 is 63.7 Å².